The summed E-state index contributed by atoms with van der Waals surface area (Å²) in [6, 6.07) is 15.2. The molecule has 0 heterocycles. The fourth-order valence-corrected chi connectivity index (χ4v) is 2.31. The van der Waals surface area contributed by atoms with Gasteiger partial charge < -0.3 is 10.6 Å². The Balaban J connectivity index is 1.91. The van der Waals surface area contributed by atoms with Crippen LogP contribution in [0.5, 0.6) is 0 Å². The number of rotatable bonds is 4. The number of para-hydroxylation sites is 1. The summed E-state index contributed by atoms with van der Waals surface area (Å²) in [6.07, 6.45) is -0.213. The molecule has 0 aromatic heterocycles. The van der Waals surface area contributed by atoms with Gasteiger partial charge in [0, 0.05) is 11.4 Å². The minimum Gasteiger partial charge on any atom is -0.326 e. The van der Waals surface area contributed by atoms with Gasteiger partial charge in [-0.2, -0.15) is 0 Å². The van der Waals surface area contributed by atoms with Crippen molar-refractivity contribution in [2.75, 3.05) is 10.6 Å². The van der Waals surface area contributed by atoms with E-state index in [1.807, 2.05) is 55.5 Å². The van der Waals surface area contributed by atoms with Gasteiger partial charge in [-0.25, -0.2) is 0 Å². The second kappa shape index (κ2) is 7.30. The van der Waals surface area contributed by atoms with Crippen molar-refractivity contribution >= 4 is 23.2 Å². The number of hydrogen-bond acceptors (Lipinski definition) is 2. The quantitative estimate of drug-likeness (QED) is 0.826. The van der Waals surface area contributed by atoms with Crippen LogP contribution in [0.15, 0.2) is 48.5 Å². The summed E-state index contributed by atoms with van der Waals surface area (Å²) >= 11 is 0. The maximum atomic E-state index is 12.0. The summed E-state index contributed by atoms with van der Waals surface area (Å²) in [4.78, 5) is 24.0. The van der Waals surface area contributed by atoms with Crippen molar-refractivity contribution in [2.24, 2.45) is 0 Å². The summed E-state index contributed by atoms with van der Waals surface area (Å²) in [7, 11) is 0. The highest BCUT2D eigenvalue weighted by Gasteiger charge is 2.14. The third-order valence-corrected chi connectivity index (χ3v) is 3.77. The summed E-state index contributed by atoms with van der Waals surface area (Å²) in [6.45, 7) is 8.32. The number of benzene rings is 2. The molecule has 0 aliphatic carbocycles. The van der Waals surface area contributed by atoms with Gasteiger partial charge in [-0.3, -0.25) is 9.59 Å². The van der Waals surface area contributed by atoms with Crippen LogP contribution in [0, 0.1) is 6.92 Å². The van der Waals surface area contributed by atoms with E-state index in [1.165, 1.54) is 5.56 Å². The third-order valence-electron chi connectivity index (χ3n) is 3.77. The van der Waals surface area contributed by atoms with Crippen molar-refractivity contribution in [3.05, 3.63) is 59.7 Å². The van der Waals surface area contributed by atoms with Gasteiger partial charge in [-0.15, -0.1) is 0 Å². The molecule has 2 aromatic rings. The molecule has 0 saturated heterocycles. The molecule has 2 aromatic carbocycles. The van der Waals surface area contributed by atoms with Gasteiger partial charge in [0.05, 0.1) is 0 Å². The van der Waals surface area contributed by atoms with Crippen molar-refractivity contribution in [1.82, 2.24) is 0 Å². The summed E-state index contributed by atoms with van der Waals surface area (Å²) in [5.74, 6) is -0.655. The number of nitrogens with one attached hydrogen (secondary N) is 2. The van der Waals surface area contributed by atoms with Gasteiger partial charge in [-0.1, -0.05) is 51.1 Å². The molecular weight excluding hydrogens is 300 g/mol. The molecule has 126 valence electrons. The van der Waals surface area contributed by atoms with Crippen LogP contribution in [0.1, 0.15) is 38.3 Å². The number of carbonyl (C=O) groups is 2. The van der Waals surface area contributed by atoms with E-state index in [0.29, 0.717) is 5.69 Å². The maximum absolute atomic E-state index is 12.0. The lowest BCUT2D eigenvalue weighted by Crippen LogP contribution is -2.21. The lowest BCUT2D eigenvalue weighted by Gasteiger charge is -2.19. The van der Waals surface area contributed by atoms with Crippen LogP contribution in [0.4, 0.5) is 11.4 Å². The number of aryl methyl sites for hydroxylation is 1. The zero-order valence-electron chi connectivity index (χ0n) is 14.6. The van der Waals surface area contributed by atoms with Gasteiger partial charge >= 0.3 is 0 Å². The minimum absolute atomic E-state index is 0.0654. The van der Waals surface area contributed by atoms with Crippen molar-refractivity contribution in [3.8, 4) is 0 Å². The molecule has 4 heteroatoms. The Morgan fingerprint density at radius 3 is 2.04 bits per heavy atom. The molecule has 0 bridgehead atoms. The summed E-state index contributed by atoms with van der Waals surface area (Å²) in [5.41, 5.74) is 3.64. The maximum Gasteiger partial charge on any atom is 0.233 e. The molecule has 0 aliphatic heterocycles. The molecule has 4 nitrogen and oxygen atoms in total. The number of amides is 2. The molecule has 2 N–H and O–H groups in total. The normalized spacial score (nSPS) is 11.0. The van der Waals surface area contributed by atoms with E-state index < -0.39 is 0 Å². The summed E-state index contributed by atoms with van der Waals surface area (Å²) < 4.78 is 0. The topological polar surface area (TPSA) is 58.2 Å². The average Bonchev–Trinajstić information content (AvgIpc) is 2.49. The molecule has 2 rings (SSSR count). The van der Waals surface area contributed by atoms with Crippen molar-refractivity contribution < 1.29 is 9.59 Å². The van der Waals surface area contributed by atoms with Crippen LogP contribution < -0.4 is 10.6 Å². The fourth-order valence-electron chi connectivity index (χ4n) is 2.31. The fraction of sp³-hybridized carbons (Fsp3) is 0.300. The van der Waals surface area contributed by atoms with Crippen LogP contribution in [0.3, 0.4) is 0 Å². The molecule has 0 unspecified atom stereocenters. The zero-order chi connectivity index (χ0) is 17.7. The van der Waals surface area contributed by atoms with Crippen molar-refractivity contribution in [3.63, 3.8) is 0 Å². The zero-order valence-corrected chi connectivity index (χ0v) is 14.6. The Morgan fingerprint density at radius 1 is 0.875 bits per heavy atom. The molecule has 0 atom stereocenters. The van der Waals surface area contributed by atoms with Crippen LogP contribution in [0.25, 0.3) is 0 Å². The van der Waals surface area contributed by atoms with E-state index in [-0.39, 0.29) is 23.7 Å². The molecule has 2 amide bonds. The Morgan fingerprint density at radius 2 is 1.46 bits per heavy atom. The lowest BCUT2D eigenvalue weighted by atomic mass is 9.87. The van der Waals surface area contributed by atoms with Gasteiger partial charge in [-0.05, 0) is 41.7 Å². The predicted octanol–water partition coefficient (Wildman–Crippen LogP) is 4.26. The third kappa shape index (κ3) is 4.95. The highest BCUT2D eigenvalue weighted by Crippen LogP contribution is 2.23. The van der Waals surface area contributed by atoms with Gasteiger partial charge in [0.2, 0.25) is 11.8 Å². The molecule has 0 fully saturated rings. The monoisotopic (exact) mass is 324 g/mol. The first kappa shape index (κ1) is 17.7. The second-order valence-electron chi connectivity index (χ2n) is 6.92. The Kier molecular flexibility index (Phi) is 5.39. The van der Waals surface area contributed by atoms with Crippen molar-refractivity contribution in [1.29, 1.82) is 0 Å². The van der Waals surface area contributed by atoms with Crippen LogP contribution in [0.2, 0.25) is 0 Å². The van der Waals surface area contributed by atoms with Crippen LogP contribution >= 0.6 is 0 Å². The van der Waals surface area contributed by atoms with Gasteiger partial charge in [0.1, 0.15) is 6.42 Å². The first-order valence-corrected chi connectivity index (χ1v) is 8.01. The summed E-state index contributed by atoms with van der Waals surface area (Å²) in [5, 5.41) is 5.51. The lowest BCUT2D eigenvalue weighted by molar-refractivity contribution is -0.123. The van der Waals surface area contributed by atoms with E-state index in [9.17, 15) is 9.59 Å². The molecular formula is C20H24N2O2. The highest BCUT2D eigenvalue weighted by atomic mass is 16.2. The van der Waals surface area contributed by atoms with Gasteiger partial charge in [0.15, 0.2) is 0 Å². The van der Waals surface area contributed by atoms with E-state index in [0.717, 1.165) is 11.3 Å². The predicted molar refractivity (Wildman–Crippen MR) is 98.2 cm³/mol. The SMILES string of the molecule is Cc1ccccc1NC(=O)CC(=O)Nc1ccc(C(C)(C)C)cc1. The number of anilines is 2. The van der Waals surface area contributed by atoms with Crippen LogP contribution in [-0.4, -0.2) is 11.8 Å². The molecule has 0 spiro atoms. The van der Waals surface area contributed by atoms with Gasteiger partial charge in [0.25, 0.3) is 0 Å². The smallest absolute Gasteiger partial charge is 0.233 e. The Hall–Kier alpha value is -2.62. The molecule has 0 saturated carbocycles. The first-order valence-electron chi connectivity index (χ1n) is 8.01. The largest absolute Gasteiger partial charge is 0.326 e. The Bertz CT molecular complexity index is 728. The first-order chi connectivity index (χ1) is 11.3. The Labute approximate surface area is 143 Å². The van der Waals surface area contributed by atoms with E-state index in [2.05, 4.69) is 31.4 Å². The minimum atomic E-state index is -0.329. The molecule has 0 radical (unpaired) electrons. The average molecular weight is 324 g/mol. The van der Waals surface area contributed by atoms with E-state index in [4.69, 9.17) is 0 Å². The molecule has 24 heavy (non-hydrogen) atoms. The van der Waals surface area contributed by atoms with E-state index >= 15 is 0 Å². The van der Waals surface area contributed by atoms with Crippen LogP contribution in [-0.2, 0) is 15.0 Å². The number of carbonyl (C=O) groups excluding carboxylic acids is 2. The van der Waals surface area contributed by atoms with E-state index in [1.54, 1.807) is 0 Å². The van der Waals surface area contributed by atoms with Crippen molar-refractivity contribution in [2.45, 2.75) is 39.5 Å². The second-order valence-corrected chi connectivity index (χ2v) is 6.92. The molecule has 0 aliphatic rings. The standard InChI is InChI=1S/C20H24N2O2/c1-14-7-5-6-8-17(14)22-19(24)13-18(23)21-16-11-9-15(10-12-16)20(2,3)4/h5-12H,13H2,1-4H3,(H,21,23)(H,22,24). The highest BCUT2D eigenvalue weighted by molar-refractivity contribution is 6.08. The number of hydrogen-bond donors (Lipinski definition) is 2.